The topological polar surface area (TPSA) is 169 Å². The third-order valence-corrected chi connectivity index (χ3v) is 8.47. The lowest BCUT2D eigenvalue weighted by atomic mass is 9.88. The number of carbonyl (C=O) groups is 6. The molecular formula is C37H61ClO12. The lowest BCUT2D eigenvalue weighted by Gasteiger charge is -2.33. The van der Waals surface area contributed by atoms with Gasteiger partial charge in [0.1, 0.15) is 32.0 Å². The van der Waals surface area contributed by atoms with Gasteiger partial charge in [0, 0.05) is 17.6 Å². The summed E-state index contributed by atoms with van der Waals surface area (Å²) >= 11 is 5.03. The van der Waals surface area contributed by atoms with Gasteiger partial charge in [-0.15, -0.1) is 0 Å². The number of ether oxygens (including phenoxy) is 5. The quantitative estimate of drug-likeness (QED) is 0.0552. The van der Waals surface area contributed by atoms with E-state index in [-0.39, 0.29) is 93.8 Å². The van der Waals surface area contributed by atoms with E-state index in [0.717, 1.165) is 38.5 Å². The van der Waals surface area contributed by atoms with Crippen molar-refractivity contribution in [1.82, 2.24) is 0 Å². The molecule has 1 N–H and O–H groups in total. The van der Waals surface area contributed by atoms with Crippen molar-refractivity contribution < 1.29 is 57.6 Å². The van der Waals surface area contributed by atoms with Crippen LogP contribution < -0.4 is 0 Å². The summed E-state index contributed by atoms with van der Waals surface area (Å²) in [5, 5.41) is 9.18. The molecule has 2 fully saturated rings. The number of esters is 5. The molecule has 0 bridgehead atoms. The van der Waals surface area contributed by atoms with Crippen LogP contribution in [0.25, 0.3) is 0 Å². The SMILES string of the molecule is C.C=C(C)C(=O)OCCOC(=O)CCC(=O)Cl.C=C(C)C(=O)OCCOC(=O)CCC(=O)OC1(C(C)C)CCCC1.CC(C)C1(O)CCCC1. The van der Waals surface area contributed by atoms with Crippen molar-refractivity contribution in [3.63, 3.8) is 0 Å². The summed E-state index contributed by atoms with van der Waals surface area (Å²) in [7, 11) is 0. The van der Waals surface area contributed by atoms with Crippen molar-refractivity contribution in [3.05, 3.63) is 24.3 Å². The van der Waals surface area contributed by atoms with Gasteiger partial charge in [0.25, 0.3) is 0 Å². The van der Waals surface area contributed by atoms with Gasteiger partial charge in [-0.25, -0.2) is 9.59 Å². The Labute approximate surface area is 303 Å². The number of hydrogen-bond donors (Lipinski definition) is 1. The molecule has 50 heavy (non-hydrogen) atoms. The molecular weight excluding hydrogens is 672 g/mol. The first kappa shape index (κ1) is 48.9. The smallest absolute Gasteiger partial charge is 0.333 e. The highest BCUT2D eigenvalue weighted by Crippen LogP contribution is 2.39. The van der Waals surface area contributed by atoms with Gasteiger partial charge in [0.15, 0.2) is 0 Å². The molecule has 0 atom stereocenters. The van der Waals surface area contributed by atoms with Gasteiger partial charge in [-0.2, -0.15) is 0 Å². The Morgan fingerprint density at radius 1 is 0.620 bits per heavy atom. The largest absolute Gasteiger partial charge is 0.462 e. The van der Waals surface area contributed by atoms with Crippen LogP contribution in [0.15, 0.2) is 24.3 Å². The Balaban J connectivity index is 0. The molecule has 0 aromatic heterocycles. The summed E-state index contributed by atoms with van der Waals surface area (Å²) in [6.45, 7) is 18.0. The minimum Gasteiger partial charge on any atom is -0.462 e. The Morgan fingerprint density at radius 3 is 1.32 bits per heavy atom. The lowest BCUT2D eigenvalue weighted by Crippen LogP contribution is -2.37. The number of halogens is 1. The summed E-state index contributed by atoms with van der Waals surface area (Å²) in [6.07, 6.45) is 8.19. The zero-order chi connectivity index (χ0) is 37.6. The standard InChI is InChI=1S/C18H28O6.C10H13ClO5.C8H16O.CH4/c1-13(2)17(21)23-12-11-22-15(19)7-8-16(20)24-18(14(3)4)9-5-6-10-18;1-7(2)10(14)16-6-5-15-9(13)4-3-8(11)12;1-7(2)8(9)5-3-4-6-8;/h14H,1,5-12H2,2-4H3;1,3-6H2,2H3;7,9H,3-6H2,1-2H3;1H4. The first-order valence-corrected chi connectivity index (χ1v) is 17.3. The normalized spacial score (nSPS) is 15.2. The van der Waals surface area contributed by atoms with Crippen LogP contribution in [0.2, 0.25) is 0 Å². The molecule has 12 nitrogen and oxygen atoms in total. The van der Waals surface area contributed by atoms with E-state index < -0.39 is 29.1 Å². The highest BCUT2D eigenvalue weighted by atomic mass is 35.5. The average Bonchev–Trinajstić information content (AvgIpc) is 3.70. The van der Waals surface area contributed by atoms with Crippen LogP contribution in [-0.2, 0) is 52.5 Å². The first-order valence-electron chi connectivity index (χ1n) is 16.9. The molecule has 0 spiro atoms. The second kappa shape index (κ2) is 25.7. The maximum atomic E-state index is 12.0. The van der Waals surface area contributed by atoms with Crippen LogP contribution in [0.5, 0.6) is 0 Å². The fourth-order valence-corrected chi connectivity index (χ4v) is 5.08. The second-order valence-electron chi connectivity index (χ2n) is 13.0. The Kier molecular flexibility index (Phi) is 25.1. The van der Waals surface area contributed by atoms with Gasteiger partial charge >= 0.3 is 29.8 Å². The van der Waals surface area contributed by atoms with Crippen molar-refractivity contribution in [2.45, 2.75) is 137 Å². The van der Waals surface area contributed by atoms with Crippen LogP contribution in [0.4, 0.5) is 0 Å². The molecule has 2 aliphatic carbocycles. The maximum absolute atomic E-state index is 12.0. The predicted molar refractivity (Wildman–Crippen MR) is 190 cm³/mol. The zero-order valence-electron chi connectivity index (χ0n) is 30.2. The monoisotopic (exact) mass is 732 g/mol. The summed E-state index contributed by atoms with van der Waals surface area (Å²) in [5.41, 5.74) is -0.119. The molecule has 2 aliphatic rings. The Morgan fingerprint density at radius 2 is 0.980 bits per heavy atom. The molecule has 0 aromatic carbocycles. The Bertz CT molecular complexity index is 1120. The lowest BCUT2D eigenvalue weighted by molar-refractivity contribution is -0.166. The molecule has 0 amide bonds. The number of aliphatic hydroxyl groups is 1. The molecule has 0 radical (unpaired) electrons. The average molecular weight is 733 g/mol. The van der Waals surface area contributed by atoms with E-state index in [0.29, 0.717) is 5.92 Å². The minimum atomic E-state index is -0.592. The van der Waals surface area contributed by atoms with Gasteiger partial charge in [-0.1, -0.05) is 61.1 Å². The predicted octanol–water partition coefficient (Wildman–Crippen LogP) is 6.72. The zero-order valence-corrected chi connectivity index (χ0v) is 31.0. The molecule has 0 aromatic rings. The van der Waals surface area contributed by atoms with Gasteiger partial charge in [-0.05, 0) is 75.8 Å². The van der Waals surface area contributed by atoms with Gasteiger partial charge < -0.3 is 28.8 Å². The molecule has 0 saturated heterocycles. The molecule has 13 heteroatoms. The van der Waals surface area contributed by atoms with Gasteiger partial charge in [0.05, 0.1) is 24.9 Å². The molecule has 0 aliphatic heterocycles. The van der Waals surface area contributed by atoms with Crippen molar-refractivity contribution >= 4 is 46.7 Å². The van der Waals surface area contributed by atoms with Crippen LogP contribution in [0.1, 0.15) is 126 Å². The van der Waals surface area contributed by atoms with Crippen LogP contribution in [0.3, 0.4) is 0 Å². The number of carbonyl (C=O) groups excluding carboxylic acids is 6. The summed E-state index contributed by atoms with van der Waals surface area (Å²) in [5.74, 6) is -1.78. The minimum absolute atomic E-state index is 0. The summed E-state index contributed by atoms with van der Waals surface area (Å²) in [4.78, 5) is 66.9. The van der Waals surface area contributed by atoms with E-state index in [9.17, 15) is 33.9 Å². The van der Waals surface area contributed by atoms with Gasteiger partial charge in [0.2, 0.25) is 5.24 Å². The van der Waals surface area contributed by atoms with Gasteiger partial charge in [-0.3, -0.25) is 19.2 Å². The molecule has 2 saturated carbocycles. The van der Waals surface area contributed by atoms with Crippen LogP contribution in [0, 0.1) is 11.8 Å². The maximum Gasteiger partial charge on any atom is 0.333 e. The van der Waals surface area contributed by atoms with E-state index in [1.807, 2.05) is 0 Å². The third kappa shape index (κ3) is 21.1. The van der Waals surface area contributed by atoms with E-state index in [2.05, 4.69) is 50.3 Å². The fourth-order valence-electron chi connectivity index (χ4n) is 4.99. The first-order chi connectivity index (χ1) is 22.8. The number of hydrogen-bond acceptors (Lipinski definition) is 12. The van der Waals surface area contributed by atoms with Crippen LogP contribution in [-0.4, -0.2) is 77.8 Å². The third-order valence-electron chi connectivity index (χ3n) is 8.28. The van der Waals surface area contributed by atoms with E-state index in [1.54, 1.807) is 0 Å². The molecule has 0 unspecified atom stereocenters. The highest BCUT2D eigenvalue weighted by Gasteiger charge is 2.40. The van der Waals surface area contributed by atoms with E-state index in [4.69, 9.17) is 25.8 Å². The molecule has 0 heterocycles. The Hall–Kier alpha value is -3.25. The highest BCUT2D eigenvalue weighted by molar-refractivity contribution is 6.63. The van der Waals surface area contributed by atoms with E-state index >= 15 is 0 Å². The second-order valence-corrected chi connectivity index (χ2v) is 13.4. The van der Waals surface area contributed by atoms with Crippen molar-refractivity contribution in [2.75, 3.05) is 26.4 Å². The summed E-state index contributed by atoms with van der Waals surface area (Å²) in [6, 6.07) is 0. The van der Waals surface area contributed by atoms with Crippen LogP contribution >= 0.6 is 11.6 Å². The van der Waals surface area contributed by atoms with Crippen molar-refractivity contribution in [3.8, 4) is 0 Å². The fraction of sp³-hybridized carbons (Fsp3) is 0.730. The van der Waals surface area contributed by atoms with E-state index in [1.165, 1.54) is 26.7 Å². The molecule has 288 valence electrons. The number of rotatable bonds is 17. The summed E-state index contributed by atoms with van der Waals surface area (Å²) < 4.78 is 24.7. The van der Waals surface area contributed by atoms with Crippen molar-refractivity contribution in [1.29, 1.82) is 0 Å². The van der Waals surface area contributed by atoms with Crippen molar-refractivity contribution in [2.24, 2.45) is 11.8 Å². The molecule has 2 rings (SSSR count).